The molecule has 1 aliphatic rings. The molecule has 29 heavy (non-hydrogen) atoms. The van der Waals surface area contributed by atoms with E-state index in [0.29, 0.717) is 23.9 Å². The first-order valence-corrected chi connectivity index (χ1v) is 10.6. The Kier molecular flexibility index (Phi) is 6.20. The minimum absolute atomic E-state index is 0.0878. The van der Waals surface area contributed by atoms with Gasteiger partial charge < -0.3 is 9.64 Å². The minimum Gasteiger partial charge on any atom is -0.494 e. The number of hydrogen-bond acceptors (Lipinski definition) is 5. The van der Waals surface area contributed by atoms with E-state index in [1.54, 1.807) is 23.0 Å². The number of fused-ring (bicyclic) bond motifs is 1. The van der Waals surface area contributed by atoms with Crippen LogP contribution in [0.4, 0.5) is 0 Å². The van der Waals surface area contributed by atoms with Crippen LogP contribution in [0.25, 0.3) is 16.6 Å². The molecule has 4 rings (SSSR count). The molecule has 0 N–H and O–H groups in total. The highest BCUT2D eigenvalue weighted by Gasteiger charge is 2.12. The molecule has 6 heteroatoms. The van der Waals surface area contributed by atoms with E-state index in [2.05, 4.69) is 14.9 Å². The van der Waals surface area contributed by atoms with Gasteiger partial charge in [0.05, 0.1) is 23.2 Å². The van der Waals surface area contributed by atoms with E-state index in [4.69, 9.17) is 4.74 Å². The molecule has 0 aliphatic carbocycles. The third-order valence-corrected chi connectivity index (χ3v) is 5.49. The van der Waals surface area contributed by atoms with E-state index in [1.807, 2.05) is 31.2 Å². The first-order valence-electron chi connectivity index (χ1n) is 10.6. The molecule has 1 aromatic carbocycles. The Balaban J connectivity index is 1.45. The lowest BCUT2D eigenvalue weighted by Gasteiger charge is -2.26. The van der Waals surface area contributed by atoms with Gasteiger partial charge in [-0.2, -0.15) is 0 Å². The number of aryl methyl sites for hydroxylation is 1. The standard InChI is InChI=1S/C23H28N4O2/c1-2-22-25-21-11-12-24-17-20(21)23(28)27(22)18-7-9-19(10-8-18)29-16-6-15-26-13-4-3-5-14-26/h7-12,17H,2-6,13-16H2,1H3. The van der Waals surface area contributed by atoms with E-state index < -0.39 is 0 Å². The Bertz CT molecular complexity index is 1010. The molecule has 2 aromatic heterocycles. The topological polar surface area (TPSA) is 60.3 Å². The van der Waals surface area contributed by atoms with Crippen molar-refractivity contribution in [1.82, 2.24) is 19.4 Å². The summed E-state index contributed by atoms with van der Waals surface area (Å²) >= 11 is 0. The number of hydrogen-bond donors (Lipinski definition) is 0. The fourth-order valence-electron chi connectivity index (χ4n) is 3.93. The molecule has 0 atom stereocenters. The van der Waals surface area contributed by atoms with Crippen molar-refractivity contribution in [2.75, 3.05) is 26.2 Å². The van der Waals surface area contributed by atoms with Gasteiger partial charge >= 0.3 is 0 Å². The number of aromatic nitrogens is 3. The largest absolute Gasteiger partial charge is 0.494 e. The average molecular weight is 393 g/mol. The molecule has 0 amide bonds. The van der Waals surface area contributed by atoms with Gasteiger partial charge in [-0.3, -0.25) is 14.3 Å². The third kappa shape index (κ3) is 4.48. The van der Waals surface area contributed by atoms with Gasteiger partial charge in [0.2, 0.25) is 0 Å². The number of ether oxygens (including phenoxy) is 1. The van der Waals surface area contributed by atoms with Crippen LogP contribution in [-0.4, -0.2) is 45.7 Å². The molecule has 0 bridgehead atoms. The maximum absolute atomic E-state index is 13.0. The van der Waals surface area contributed by atoms with Crippen LogP contribution in [0.15, 0.2) is 47.5 Å². The zero-order valence-corrected chi connectivity index (χ0v) is 17.0. The van der Waals surface area contributed by atoms with Crippen LogP contribution in [0.2, 0.25) is 0 Å². The van der Waals surface area contributed by atoms with Crippen molar-refractivity contribution in [3.63, 3.8) is 0 Å². The maximum atomic E-state index is 13.0. The highest BCUT2D eigenvalue weighted by atomic mass is 16.5. The fourth-order valence-corrected chi connectivity index (χ4v) is 3.93. The minimum atomic E-state index is -0.0878. The van der Waals surface area contributed by atoms with Crippen LogP contribution in [0.1, 0.15) is 38.4 Å². The summed E-state index contributed by atoms with van der Waals surface area (Å²) < 4.78 is 7.58. The maximum Gasteiger partial charge on any atom is 0.267 e. The Morgan fingerprint density at radius 1 is 1.07 bits per heavy atom. The van der Waals surface area contributed by atoms with Crippen molar-refractivity contribution in [3.05, 3.63) is 58.9 Å². The van der Waals surface area contributed by atoms with Gasteiger partial charge in [0.1, 0.15) is 11.6 Å². The van der Waals surface area contributed by atoms with Crippen molar-refractivity contribution >= 4 is 10.9 Å². The van der Waals surface area contributed by atoms with Gasteiger partial charge in [0.25, 0.3) is 5.56 Å². The van der Waals surface area contributed by atoms with Crippen LogP contribution in [-0.2, 0) is 6.42 Å². The first kappa shape index (κ1) is 19.6. The quantitative estimate of drug-likeness (QED) is 0.575. The summed E-state index contributed by atoms with van der Waals surface area (Å²) in [6.07, 6.45) is 8.95. The molecule has 1 saturated heterocycles. The highest BCUT2D eigenvalue weighted by molar-refractivity contribution is 5.76. The van der Waals surface area contributed by atoms with E-state index in [-0.39, 0.29) is 5.56 Å². The second-order valence-electron chi connectivity index (χ2n) is 7.51. The van der Waals surface area contributed by atoms with Crippen LogP contribution in [0.3, 0.4) is 0 Å². The molecular weight excluding hydrogens is 364 g/mol. The molecule has 3 aromatic rings. The van der Waals surface area contributed by atoms with Crippen LogP contribution in [0, 0.1) is 0 Å². The summed E-state index contributed by atoms with van der Waals surface area (Å²) in [7, 11) is 0. The van der Waals surface area contributed by atoms with E-state index in [0.717, 1.165) is 30.2 Å². The zero-order chi connectivity index (χ0) is 20.1. The Labute approximate surface area is 171 Å². The zero-order valence-electron chi connectivity index (χ0n) is 17.0. The van der Waals surface area contributed by atoms with E-state index in [1.165, 1.54) is 32.4 Å². The second-order valence-corrected chi connectivity index (χ2v) is 7.51. The summed E-state index contributed by atoms with van der Waals surface area (Å²) in [6, 6.07) is 9.47. The van der Waals surface area contributed by atoms with Crippen molar-refractivity contribution in [3.8, 4) is 11.4 Å². The molecule has 152 valence electrons. The smallest absolute Gasteiger partial charge is 0.267 e. The average Bonchev–Trinajstić information content (AvgIpc) is 2.78. The van der Waals surface area contributed by atoms with Gasteiger partial charge in [-0.25, -0.2) is 4.98 Å². The molecule has 6 nitrogen and oxygen atoms in total. The van der Waals surface area contributed by atoms with E-state index in [9.17, 15) is 4.79 Å². The SMILES string of the molecule is CCc1nc2ccncc2c(=O)n1-c1ccc(OCCCN2CCCCC2)cc1. The lowest BCUT2D eigenvalue weighted by molar-refractivity contribution is 0.205. The Hall–Kier alpha value is -2.73. The van der Waals surface area contributed by atoms with Crippen molar-refractivity contribution in [1.29, 1.82) is 0 Å². The van der Waals surface area contributed by atoms with Crippen molar-refractivity contribution < 1.29 is 4.74 Å². The lowest BCUT2D eigenvalue weighted by Crippen LogP contribution is -2.31. The molecule has 1 fully saturated rings. The third-order valence-electron chi connectivity index (χ3n) is 5.49. The van der Waals surface area contributed by atoms with Gasteiger partial charge in [-0.15, -0.1) is 0 Å². The summed E-state index contributed by atoms with van der Waals surface area (Å²) in [4.78, 5) is 24.2. The van der Waals surface area contributed by atoms with E-state index >= 15 is 0 Å². The first-order chi connectivity index (χ1) is 14.3. The second kappa shape index (κ2) is 9.18. The van der Waals surface area contributed by atoms with Gasteiger partial charge in [-0.05, 0) is 62.7 Å². The number of benzene rings is 1. The number of nitrogens with zero attached hydrogens (tertiary/aromatic N) is 4. The molecule has 1 aliphatic heterocycles. The molecule has 3 heterocycles. The van der Waals surface area contributed by atoms with Crippen LogP contribution in [0.5, 0.6) is 5.75 Å². The molecule has 0 spiro atoms. The summed E-state index contributed by atoms with van der Waals surface area (Å²) in [5.41, 5.74) is 1.40. The highest BCUT2D eigenvalue weighted by Crippen LogP contribution is 2.17. The molecule has 0 unspecified atom stereocenters. The van der Waals surface area contributed by atoms with Gasteiger partial charge in [0, 0.05) is 25.4 Å². The molecule has 0 radical (unpaired) electrons. The molecular formula is C23H28N4O2. The van der Waals surface area contributed by atoms with Gasteiger partial charge in [0.15, 0.2) is 0 Å². The lowest BCUT2D eigenvalue weighted by atomic mass is 10.1. The summed E-state index contributed by atoms with van der Waals surface area (Å²) in [5, 5.41) is 0.530. The monoisotopic (exact) mass is 392 g/mol. The normalized spacial score (nSPS) is 14.9. The van der Waals surface area contributed by atoms with Crippen LogP contribution >= 0.6 is 0 Å². The Morgan fingerprint density at radius 3 is 2.62 bits per heavy atom. The predicted molar refractivity (Wildman–Crippen MR) is 115 cm³/mol. The van der Waals surface area contributed by atoms with Crippen LogP contribution < -0.4 is 10.3 Å². The predicted octanol–water partition coefficient (Wildman–Crippen LogP) is 3.60. The summed E-state index contributed by atoms with van der Waals surface area (Å²) in [6.45, 7) is 6.26. The molecule has 0 saturated carbocycles. The number of pyridine rings is 1. The number of rotatable bonds is 7. The summed E-state index contributed by atoms with van der Waals surface area (Å²) in [5.74, 6) is 1.57. The van der Waals surface area contributed by atoms with Crippen molar-refractivity contribution in [2.24, 2.45) is 0 Å². The number of piperidine rings is 1. The fraction of sp³-hybridized carbons (Fsp3) is 0.435. The van der Waals surface area contributed by atoms with Crippen molar-refractivity contribution in [2.45, 2.75) is 39.0 Å². The Morgan fingerprint density at radius 2 is 1.86 bits per heavy atom. The number of likely N-dealkylation sites (tertiary alicyclic amines) is 1. The van der Waals surface area contributed by atoms with Gasteiger partial charge in [-0.1, -0.05) is 13.3 Å².